The van der Waals surface area contributed by atoms with E-state index in [1.807, 2.05) is 28.8 Å². The molecule has 0 saturated carbocycles. The lowest BCUT2D eigenvalue weighted by atomic mass is 10.0. The van der Waals surface area contributed by atoms with E-state index in [-0.39, 0.29) is 12.4 Å². The molecule has 0 saturated heterocycles. The lowest BCUT2D eigenvalue weighted by molar-refractivity contribution is -0.274. The minimum atomic E-state index is -4.79. The number of esters is 1. The smallest absolute Gasteiger partial charge is 0.463 e. The van der Waals surface area contributed by atoms with Gasteiger partial charge in [-0.1, -0.05) is 18.7 Å². The molecule has 6 nitrogen and oxygen atoms in total. The second-order valence-electron chi connectivity index (χ2n) is 9.00. The summed E-state index contributed by atoms with van der Waals surface area (Å²) in [5.74, 6) is -0.0425. The number of hydrogen-bond donors (Lipinski definition) is 2. The molecule has 38 heavy (non-hydrogen) atoms. The van der Waals surface area contributed by atoms with Gasteiger partial charge in [0.15, 0.2) is 0 Å². The minimum absolute atomic E-state index is 0.161. The number of aromatic nitrogens is 1. The molecule has 2 aromatic carbocycles. The topological polar surface area (TPSA) is 80.9 Å². The Hall–Kier alpha value is -2.95. The van der Waals surface area contributed by atoms with Crippen molar-refractivity contribution in [2.24, 2.45) is 7.05 Å². The largest absolute Gasteiger partial charge is 0.573 e. The molecule has 1 heterocycles. The molecule has 0 bridgehead atoms. The van der Waals surface area contributed by atoms with Crippen LogP contribution in [0.15, 0.2) is 60.0 Å². The first-order valence-electron chi connectivity index (χ1n) is 12.2. The van der Waals surface area contributed by atoms with Crippen molar-refractivity contribution in [3.05, 3.63) is 60.7 Å². The Morgan fingerprint density at radius 1 is 1.11 bits per heavy atom. The van der Waals surface area contributed by atoms with Gasteiger partial charge in [0.1, 0.15) is 5.75 Å². The lowest BCUT2D eigenvalue weighted by Gasteiger charge is -2.17. The molecule has 0 aliphatic heterocycles. The van der Waals surface area contributed by atoms with E-state index in [0.717, 1.165) is 21.9 Å². The highest BCUT2D eigenvalue weighted by molar-refractivity contribution is 7.99. The van der Waals surface area contributed by atoms with Crippen LogP contribution in [0.3, 0.4) is 0 Å². The zero-order chi connectivity index (χ0) is 27.9. The molecule has 10 heteroatoms. The van der Waals surface area contributed by atoms with Crippen LogP contribution >= 0.6 is 11.8 Å². The number of rotatable bonds is 13. The number of ether oxygens (including phenoxy) is 2. The van der Waals surface area contributed by atoms with Crippen molar-refractivity contribution in [2.45, 2.75) is 56.1 Å². The average molecular weight is 552 g/mol. The molecule has 2 unspecified atom stereocenters. The van der Waals surface area contributed by atoms with E-state index in [1.54, 1.807) is 37.9 Å². The summed E-state index contributed by atoms with van der Waals surface area (Å²) in [4.78, 5) is 12.0. The van der Waals surface area contributed by atoms with Gasteiger partial charge in [0, 0.05) is 34.5 Å². The van der Waals surface area contributed by atoms with Crippen LogP contribution < -0.4 is 4.74 Å². The standard InChI is InChI=1S/C28H32F3NO5S/c1-4-27(35)36-13-5-7-24(33)25(34)8-6-14-38-20-11-10-19-16-23(32(3)22(19)17-20)21-12-9-18(2)15-26(21)37-28(29,30)31/h4,9-12,15-17,24-25,33-34H,1,5-8,13-14H2,2-3H3. The Kier molecular flexibility index (Phi) is 10.3. The fourth-order valence-electron chi connectivity index (χ4n) is 4.10. The van der Waals surface area contributed by atoms with Gasteiger partial charge in [-0.3, -0.25) is 0 Å². The number of thioether (sulfide) groups is 1. The zero-order valence-corrected chi connectivity index (χ0v) is 22.1. The van der Waals surface area contributed by atoms with Gasteiger partial charge in [-0.25, -0.2) is 4.79 Å². The molecule has 1 aromatic heterocycles. The fourth-order valence-corrected chi connectivity index (χ4v) is 5.01. The van der Waals surface area contributed by atoms with Gasteiger partial charge in [0.05, 0.1) is 24.5 Å². The Bertz CT molecular complexity index is 1260. The molecule has 0 fully saturated rings. The molecule has 206 valence electrons. The molecule has 0 spiro atoms. The Morgan fingerprint density at radius 3 is 2.50 bits per heavy atom. The predicted molar refractivity (Wildman–Crippen MR) is 142 cm³/mol. The van der Waals surface area contributed by atoms with Crippen LogP contribution in [-0.2, 0) is 16.6 Å². The predicted octanol–water partition coefficient (Wildman–Crippen LogP) is 6.16. The normalized spacial score (nSPS) is 13.3. The van der Waals surface area contributed by atoms with Gasteiger partial charge < -0.3 is 24.3 Å². The molecule has 3 aromatic rings. The molecule has 2 atom stereocenters. The van der Waals surface area contributed by atoms with E-state index >= 15 is 0 Å². The summed E-state index contributed by atoms with van der Waals surface area (Å²) < 4.78 is 50.0. The number of aryl methyl sites for hydroxylation is 2. The van der Waals surface area contributed by atoms with Crippen LogP contribution in [0.2, 0.25) is 0 Å². The number of carbonyl (C=O) groups is 1. The van der Waals surface area contributed by atoms with Crippen molar-refractivity contribution >= 4 is 28.6 Å². The lowest BCUT2D eigenvalue weighted by Crippen LogP contribution is -2.26. The summed E-state index contributed by atoms with van der Waals surface area (Å²) >= 11 is 1.60. The van der Waals surface area contributed by atoms with E-state index in [0.29, 0.717) is 48.3 Å². The number of halogens is 3. The third kappa shape index (κ3) is 8.28. The number of alkyl halides is 3. The number of nitrogens with zero attached hydrogens (tertiary/aromatic N) is 1. The van der Waals surface area contributed by atoms with Crippen molar-refractivity contribution < 1.29 is 37.7 Å². The first kappa shape index (κ1) is 29.6. The van der Waals surface area contributed by atoms with E-state index in [9.17, 15) is 28.2 Å². The Morgan fingerprint density at radius 2 is 1.82 bits per heavy atom. The van der Waals surface area contributed by atoms with Crippen LogP contribution in [-0.4, -0.2) is 51.7 Å². The minimum Gasteiger partial charge on any atom is -0.463 e. The molecular formula is C28H32F3NO5S. The van der Waals surface area contributed by atoms with Crippen LogP contribution in [0.4, 0.5) is 13.2 Å². The summed E-state index contributed by atoms with van der Waals surface area (Å²) in [6, 6.07) is 12.5. The number of hydrogen-bond acceptors (Lipinski definition) is 6. The maximum Gasteiger partial charge on any atom is 0.573 e. The quantitative estimate of drug-likeness (QED) is 0.115. The van der Waals surface area contributed by atoms with Crippen LogP contribution in [0, 0.1) is 6.92 Å². The third-order valence-corrected chi connectivity index (χ3v) is 7.15. The summed E-state index contributed by atoms with van der Waals surface area (Å²) in [5, 5.41) is 21.2. The molecule has 3 rings (SSSR count). The number of benzene rings is 2. The van der Waals surface area contributed by atoms with Crippen molar-refractivity contribution in [2.75, 3.05) is 12.4 Å². The maximum absolute atomic E-state index is 13.0. The molecular weight excluding hydrogens is 519 g/mol. The highest BCUT2D eigenvalue weighted by Crippen LogP contribution is 2.38. The van der Waals surface area contributed by atoms with Gasteiger partial charge >= 0.3 is 12.3 Å². The van der Waals surface area contributed by atoms with Crippen LogP contribution in [0.1, 0.15) is 31.2 Å². The Balaban J connectivity index is 1.59. The van der Waals surface area contributed by atoms with Gasteiger partial charge in [-0.2, -0.15) is 0 Å². The number of carbonyl (C=O) groups excluding carboxylic acids is 1. The van der Waals surface area contributed by atoms with Gasteiger partial charge in [-0.15, -0.1) is 24.9 Å². The van der Waals surface area contributed by atoms with E-state index < -0.39 is 24.5 Å². The zero-order valence-electron chi connectivity index (χ0n) is 21.3. The average Bonchev–Trinajstić information content (AvgIpc) is 3.18. The van der Waals surface area contributed by atoms with Crippen molar-refractivity contribution in [3.8, 4) is 17.0 Å². The van der Waals surface area contributed by atoms with Crippen molar-refractivity contribution in [3.63, 3.8) is 0 Å². The SMILES string of the molecule is C=CC(=O)OCCCC(O)C(O)CCCSc1ccc2cc(-c3ccc(C)cc3OC(F)(F)F)n(C)c2c1. The molecule has 2 N–H and O–H groups in total. The second kappa shape index (κ2) is 13.2. The second-order valence-corrected chi connectivity index (χ2v) is 10.2. The van der Waals surface area contributed by atoms with E-state index in [4.69, 9.17) is 4.74 Å². The summed E-state index contributed by atoms with van der Waals surface area (Å²) in [7, 11) is 1.80. The number of aliphatic hydroxyl groups excluding tert-OH is 2. The summed E-state index contributed by atoms with van der Waals surface area (Å²) in [6.45, 7) is 5.18. The van der Waals surface area contributed by atoms with Crippen LogP contribution in [0.25, 0.3) is 22.2 Å². The molecule has 0 radical (unpaired) electrons. The fraction of sp³-hybridized carbons (Fsp3) is 0.393. The first-order chi connectivity index (χ1) is 18.0. The number of aliphatic hydroxyl groups is 2. The highest BCUT2D eigenvalue weighted by Gasteiger charge is 2.32. The highest BCUT2D eigenvalue weighted by atomic mass is 32.2. The van der Waals surface area contributed by atoms with Gasteiger partial charge in [0.25, 0.3) is 0 Å². The van der Waals surface area contributed by atoms with E-state index in [2.05, 4.69) is 11.3 Å². The van der Waals surface area contributed by atoms with Gasteiger partial charge in [-0.05, 0) is 74.3 Å². The molecule has 0 aliphatic carbocycles. The van der Waals surface area contributed by atoms with Crippen molar-refractivity contribution in [1.29, 1.82) is 0 Å². The summed E-state index contributed by atoms with van der Waals surface area (Å²) in [5.41, 5.74) is 2.50. The van der Waals surface area contributed by atoms with E-state index in [1.165, 1.54) is 6.07 Å². The Labute approximate surface area is 224 Å². The first-order valence-corrected chi connectivity index (χ1v) is 13.2. The summed E-state index contributed by atoms with van der Waals surface area (Å²) in [6.07, 6.45) is -3.62. The molecule has 0 amide bonds. The monoisotopic (exact) mass is 551 g/mol. The maximum atomic E-state index is 13.0. The van der Waals surface area contributed by atoms with Crippen molar-refractivity contribution in [1.82, 2.24) is 4.57 Å². The third-order valence-electron chi connectivity index (χ3n) is 6.07. The van der Waals surface area contributed by atoms with Crippen LogP contribution in [0.5, 0.6) is 5.75 Å². The van der Waals surface area contributed by atoms with Gasteiger partial charge in [0.2, 0.25) is 0 Å². The number of fused-ring (bicyclic) bond motifs is 1. The molecule has 0 aliphatic rings.